The van der Waals surface area contributed by atoms with Crippen molar-refractivity contribution in [2.24, 2.45) is 0 Å². The van der Waals surface area contributed by atoms with Crippen LogP contribution < -0.4 is 5.32 Å². The lowest BCUT2D eigenvalue weighted by atomic mass is 10.0. The number of rotatable bonds is 2. The summed E-state index contributed by atoms with van der Waals surface area (Å²) < 4.78 is 5.32. The molecule has 1 N–H and O–H groups in total. The smallest absolute Gasteiger partial charge is 0.107 e. The highest BCUT2D eigenvalue weighted by Gasteiger charge is 2.23. The molecule has 60 valence electrons. The van der Waals surface area contributed by atoms with Crippen LogP contribution >= 0.6 is 0 Å². The minimum absolute atomic E-state index is 0.689. The van der Waals surface area contributed by atoms with E-state index in [0.717, 1.165) is 13.0 Å². The molecule has 1 aliphatic rings. The molecule has 0 spiro atoms. The van der Waals surface area contributed by atoms with Gasteiger partial charge in [-0.15, -0.1) is 0 Å². The maximum absolute atomic E-state index is 5.32. The Labute approximate surface area is 66.6 Å². The quantitative estimate of drug-likeness (QED) is 0.693. The molecule has 1 aromatic rings. The number of fused-ring (bicyclic) bond motifs is 1. The zero-order chi connectivity index (χ0) is 7.68. The first kappa shape index (κ1) is 6.92. The third kappa shape index (κ3) is 1.07. The molecule has 0 fully saturated rings. The van der Waals surface area contributed by atoms with E-state index in [0.29, 0.717) is 5.92 Å². The molecule has 2 nitrogen and oxygen atoms in total. The van der Waals surface area contributed by atoms with Crippen molar-refractivity contribution >= 4 is 0 Å². The second-order valence-electron chi connectivity index (χ2n) is 3.09. The maximum atomic E-state index is 5.32. The molecule has 2 rings (SSSR count). The number of aryl methyl sites for hydroxylation is 1. The van der Waals surface area contributed by atoms with E-state index >= 15 is 0 Å². The monoisotopic (exact) mass is 151 g/mol. The summed E-state index contributed by atoms with van der Waals surface area (Å²) in [6.45, 7) is 1.08. The molecule has 0 bridgehead atoms. The Balaban J connectivity index is 2.18. The molecule has 0 aromatic carbocycles. The van der Waals surface area contributed by atoms with E-state index < -0.39 is 0 Å². The molecule has 0 saturated carbocycles. The topological polar surface area (TPSA) is 25.2 Å². The van der Waals surface area contributed by atoms with Crippen molar-refractivity contribution in [3.05, 3.63) is 23.7 Å². The van der Waals surface area contributed by atoms with Crippen LogP contribution in [0.5, 0.6) is 0 Å². The SMILES string of the molecule is CNCC1CCc2occc21. The number of hydrogen-bond acceptors (Lipinski definition) is 2. The molecule has 2 heteroatoms. The highest BCUT2D eigenvalue weighted by Crippen LogP contribution is 2.32. The summed E-state index contributed by atoms with van der Waals surface area (Å²) >= 11 is 0. The summed E-state index contributed by atoms with van der Waals surface area (Å²) in [6.07, 6.45) is 4.16. The van der Waals surface area contributed by atoms with E-state index in [4.69, 9.17) is 4.42 Å². The van der Waals surface area contributed by atoms with Crippen molar-refractivity contribution < 1.29 is 4.42 Å². The lowest BCUT2D eigenvalue weighted by molar-refractivity contribution is 0.513. The predicted molar refractivity (Wildman–Crippen MR) is 43.7 cm³/mol. The minimum Gasteiger partial charge on any atom is -0.469 e. The Kier molecular flexibility index (Phi) is 1.70. The van der Waals surface area contributed by atoms with E-state index in [1.54, 1.807) is 6.26 Å². The van der Waals surface area contributed by atoms with Crippen molar-refractivity contribution in [3.8, 4) is 0 Å². The first-order valence-corrected chi connectivity index (χ1v) is 4.12. The van der Waals surface area contributed by atoms with Gasteiger partial charge in [0.25, 0.3) is 0 Å². The third-order valence-electron chi connectivity index (χ3n) is 2.39. The van der Waals surface area contributed by atoms with Crippen molar-refractivity contribution in [1.29, 1.82) is 0 Å². The fourth-order valence-electron chi connectivity index (χ4n) is 1.84. The van der Waals surface area contributed by atoms with E-state index in [9.17, 15) is 0 Å². The van der Waals surface area contributed by atoms with Crippen LogP contribution in [0.4, 0.5) is 0 Å². The Bertz CT molecular complexity index is 241. The summed E-state index contributed by atoms with van der Waals surface area (Å²) in [5, 5.41) is 3.20. The summed E-state index contributed by atoms with van der Waals surface area (Å²) in [7, 11) is 2.00. The maximum Gasteiger partial charge on any atom is 0.107 e. The molecule has 0 aliphatic heterocycles. The Morgan fingerprint density at radius 2 is 2.64 bits per heavy atom. The average Bonchev–Trinajstić information content (AvgIpc) is 2.53. The molecule has 1 atom stereocenters. The van der Waals surface area contributed by atoms with Crippen LogP contribution in [0.2, 0.25) is 0 Å². The molecule has 0 amide bonds. The lowest BCUT2D eigenvalue weighted by Crippen LogP contribution is -2.14. The summed E-state index contributed by atoms with van der Waals surface area (Å²) in [5.74, 6) is 1.89. The van der Waals surface area contributed by atoms with Crippen molar-refractivity contribution in [3.63, 3.8) is 0 Å². The number of hydrogen-bond donors (Lipinski definition) is 1. The van der Waals surface area contributed by atoms with Crippen LogP contribution in [0.3, 0.4) is 0 Å². The van der Waals surface area contributed by atoms with E-state index in [1.165, 1.54) is 17.7 Å². The molecule has 1 aromatic heterocycles. The van der Waals surface area contributed by atoms with Gasteiger partial charge in [-0.2, -0.15) is 0 Å². The van der Waals surface area contributed by atoms with Crippen LogP contribution in [0.25, 0.3) is 0 Å². The van der Waals surface area contributed by atoms with Crippen LogP contribution in [0, 0.1) is 0 Å². The highest BCUT2D eigenvalue weighted by atomic mass is 16.3. The largest absolute Gasteiger partial charge is 0.469 e. The molecular formula is C9H13NO. The Hall–Kier alpha value is -0.760. The second kappa shape index (κ2) is 2.70. The van der Waals surface area contributed by atoms with Gasteiger partial charge in [-0.3, -0.25) is 0 Å². The van der Waals surface area contributed by atoms with Gasteiger partial charge in [0.05, 0.1) is 6.26 Å². The first-order chi connectivity index (χ1) is 5.42. The molecule has 0 radical (unpaired) electrons. The van der Waals surface area contributed by atoms with Crippen LogP contribution in [-0.4, -0.2) is 13.6 Å². The van der Waals surface area contributed by atoms with Gasteiger partial charge in [0.15, 0.2) is 0 Å². The van der Waals surface area contributed by atoms with Crippen LogP contribution in [0.15, 0.2) is 16.7 Å². The summed E-state index contributed by atoms with van der Waals surface area (Å²) in [4.78, 5) is 0. The number of furan rings is 1. The molecular weight excluding hydrogens is 138 g/mol. The fraction of sp³-hybridized carbons (Fsp3) is 0.556. The van der Waals surface area contributed by atoms with Crippen LogP contribution in [-0.2, 0) is 6.42 Å². The van der Waals surface area contributed by atoms with Gasteiger partial charge in [0.2, 0.25) is 0 Å². The highest BCUT2D eigenvalue weighted by molar-refractivity contribution is 5.27. The Morgan fingerprint density at radius 3 is 3.45 bits per heavy atom. The van der Waals surface area contributed by atoms with Gasteiger partial charge in [0, 0.05) is 18.9 Å². The van der Waals surface area contributed by atoms with E-state index in [2.05, 4.69) is 11.4 Å². The minimum atomic E-state index is 0.689. The van der Waals surface area contributed by atoms with Gasteiger partial charge < -0.3 is 9.73 Å². The summed E-state index contributed by atoms with van der Waals surface area (Å²) in [5.41, 5.74) is 1.42. The average molecular weight is 151 g/mol. The fourth-order valence-corrected chi connectivity index (χ4v) is 1.84. The van der Waals surface area contributed by atoms with Crippen molar-refractivity contribution in [2.45, 2.75) is 18.8 Å². The molecule has 1 unspecified atom stereocenters. The molecule has 0 saturated heterocycles. The van der Waals surface area contributed by atoms with Gasteiger partial charge in [-0.25, -0.2) is 0 Å². The summed E-state index contributed by atoms with van der Waals surface area (Å²) in [6, 6.07) is 2.10. The third-order valence-corrected chi connectivity index (χ3v) is 2.39. The van der Waals surface area contributed by atoms with Crippen molar-refractivity contribution in [2.75, 3.05) is 13.6 Å². The molecule has 11 heavy (non-hydrogen) atoms. The second-order valence-corrected chi connectivity index (χ2v) is 3.09. The lowest BCUT2D eigenvalue weighted by Gasteiger charge is -2.06. The van der Waals surface area contributed by atoms with E-state index in [1.807, 2.05) is 7.05 Å². The Morgan fingerprint density at radius 1 is 1.73 bits per heavy atom. The molecule has 1 heterocycles. The van der Waals surface area contributed by atoms with Gasteiger partial charge in [-0.05, 0) is 25.1 Å². The van der Waals surface area contributed by atoms with Gasteiger partial charge in [0.1, 0.15) is 5.76 Å². The zero-order valence-corrected chi connectivity index (χ0v) is 6.76. The van der Waals surface area contributed by atoms with Crippen LogP contribution in [0.1, 0.15) is 23.7 Å². The number of likely N-dealkylation sites (N-methyl/N-ethyl adjacent to an activating group) is 1. The first-order valence-electron chi connectivity index (χ1n) is 4.12. The predicted octanol–water partition coefficient (Wildman–Crippen LogP) is 1.53. The molecule has 1 aliphatic carbocycles. The van der Waals surface area contributed by atoms with Crippen molar-refractivity contribution in [1.82, 2.24) is 5.32 Å². The van der Waals surface area contributed by atoms with E-state index in [-0.39, 0.29) is 0 Å². The zero-order valence-electron chi connectivity index (χ0n) is 6.76. The standard InChI is InChI=1S/C9H13NO/c1-10-6-7-2-3-9-8(7)4-5-11-9/h4-5,7,10H,2-3,6H2,1H3. The normalized spacial score (nSPS) is 22.1. The van der Waals surface area contributed by atoms with Gasteiger partial charge >= 0.3 is 0 Å². The number of nitrogens with one attached hydrogen (secondary N) is 1. The van der Waals surface area contributed by atoms with Gasteiger partial charge in [-0.1, -0.05) is 0 Å².